The Morgan fingerprint density at radius 3 is 1.97 bits per heavy atom. The van der Waals surface area contributed by atoms with Gasteiger partial charge in [-0.3, -0.25) is 4.99 Å². The van der Waals surface area contributed by atoms with Crippen molar-refractivity contribution in [3.8, 4) is 11.5 Å². The topological polar surface area (TPSA) is 62.1 Å². The van der Waals surface area contributed by atoms with E-state index in [2.05, 4.69) is 9.89 Å². The molecule has 0 radical (unpaired) electrons. The van der Waals surface area contributed by atoms with Crippen molar-refractivity contribution < 1.29 is 14.6 Å². The van der Waals surface area contributed by atoms with Crippen molar-refractivity contribution in [1.82, 2.24) is 0 Å². The summed E-state index contributed by atoms with van der Waals surface area (Å²) >= 11 is 6.00. The van der Waals surface area contributed by atoms with Gasteiger partial charge in [0.25, 0.3) is 0 Å². The first-order valence-electron chi connectivity index (χ1n) is 10.6. The smallest absolute Gasteiger partial charge is 0.335 e. The number of para-hydroxylation sites is 1. The first-order valence-corrected chi connectivity index (χ1v) is 11.0. The molecule has 6 heteroatoms. The third kappa shape index (κ3) is 5.27. The monoisotopic (exact) mass is 470 g/mol. The van der Waals surface area contributed by atoms with Crippen LogP contribution in [-0.4, -0.2) is 30.9 Å². The van der Waals surface area contributed by atoms with Gasteiger partial charge in [0, 0.05) is 41.6 Å². The fourth-order valence-corrected chi connectivity index (χ4v) is 3.75. The van der Waals surface area contributed by atoms with Gasteiger partial charge in [-0.05, 0) is 66.7 Å². The zero-order valence-electron chi connectivity index (χ0n) is 18.8. The predicted molar refractivity (Wildman–Crippen MR) is 137 cm³/mol. The minimum Gasteiger partial charge on any atom is -0.478 e. The highest BCUT2D eigenvalue weighted by Crippen LogP contribution is 2.28. The Morgan fingerprint density at radius 2 is 1.38 bits per heavy atom. The summed E-state index contributed by atoms with van der Waals surface area (Å²) in [4.78, 5) is 18.3. The summed E-state index contributed by atoms with van der Waals surface area (Å²) in [7, 11) is 3.67. The Morgan fingerprint density at radius 1 is 0.794 bits per heavy atom. The van der Waals surface area contributed by atoms with E-state index in [9.17, 15) is 9.90 Å². The number of hydrogen-bond acceptors (Lipinski definition) is 4. The Kier molecular flexibility index (Phi) is 6.95. The zero-order chi connectivity index (χ0) is 24.1. The largest absolute Gasteiger partial charge is 0.478 e. The van der Waals surface area contributed by atoms with Gasteiger partial charge >= 0.3 is 5.97 Å². The average molecular weight is 471 g/mol. The quantitative estimate of drug-likeness (QED) is 0.293. The van der Waals surface area contributed by atoms with Gasteiger partial charge in [-0.1, -0.05) is 41.9 Å². The number of hydrogen-bond donors (Lipinski definition) is 1. The molecule has 0 aliphatic rings. The molecule has 0 saturated heterocycles. The van der Waals surface area contributed by atoms with E-state index >= 15 is 0 Å². The Bertz CT molecular complexity index is 1320. The van der Waals surface area contributed by atoms with Crippen LogP contribution in [0.3, 0.4) is 0 Å². The van der Waals surface area contributed by atoms with E-state index in [0.29, 0.717) is 27.8 Å². The molecule has 0 spiro atoms. The third-order valence-electron chi connectivity index (χ3n) is 5.37. The van der Waals surface area contributed by atoms with Gasteiger partial charge in [0.15, 0.2) is 0 Å². The van der Waals surface area contributed by atoms with E-state index in [1.165, 1.54) is 6.07 Å². The molecule has 0 heterocycles. The van der Waals surface area contributed by atoms with Gasteiger partial charge in [0.05, 0.1) is 11.3 Å². The number of carbonyl (C=O) groups is 1. The highest BCUT2D eigenvalue weighted by atomic mass is 35.5. The maximum absolute atomic E-state index is 11.8. The normalized spacial score (nSPS) is 11.2. The van der Waals surface area contributed by atoms with Crippen molar-refractivity contribution in [3.63, 3.8) is 0 Å². The van der Waals surface area contributed by atoms with Crippen LogP contribution in [0, 0.1) is 0 Å². The van der Waals surface area contributed by atoms with Crippen molar-refractivity contribution in [2.75, 3.05) is 19.0 Å². The standard InChI is InChI=1S/C28H23ClN2O3/c1-30-27(19-8-12-23(13-9-19)31(2)24-14-10-22(29)11-15-24)20-16-21(28(32)33)18-26(17-20)34-25-6-4-3-5-7-25/h3-18H,1-2H3,(H,32,33). The van der Waals surface area contributed by atoms with Crippen LogP contribution >= 0.6 is 11.6 Å². The van der Waals surface area contributed by atoms with Crippen LogP contribution in [0.4, 0.5) is 11.4 Å². The molecule has 0 amide bonds. The van der Waals surface area contributed by atoms with Crippen LogP contribution < -0.4 is 9.64 Å². The van der Waals surface area contributed by atoms with Crippen molar-refractivity contribution in [2.45, 2.75) is 0 Å². The molecule has 4 rings (SSSR count). The summed E-state index contributed by atoms with van der Waals surface area (Å²) in [6.07, 6.45) is 0. The number of ether oxygens (including phenoxy) is 1. The van der Waals surface area contributed by atoms with Crippen LogP contribution in [0.1, 0.15) is 21.5 Å². The van der Waals surface area contributed by atoms with Gasteiger partial charge < -0.3 is 14.7 Å². The van der Waals surface area contributed by atoms with Gasteiger partial charge in [-0.25, -0.2) is 4.79 Å². The Balaban J connectivity index is 1.65. The SMILES string of the molecule is CN=C(c1ccc(N(C)c2ccc(Cl)cc2)cc1)c1cc(Oc2ccccc2)cc(C(=O)O)c1. The number of aromatic carboxylic acids is 1. The summed E-state index contributed by atoms with van der Waals surface area (Å²) in [6, 6.07) is 29.7. The van der Waals surface area contributed by atoms with Crippen molar-refractivity contribution in [1.29, 1.82) is 0 Å². The molecule has 0 bridgehead atoms. The lowest BCUT2D eigenvalue weighted by molar-refractivity contribution is 0.0696. The molecule has 4 aromatic carbocycles. The second kappa shape index (κ2) is 10.2. The number of carboxylic acids is 1. The molecule has 0 unspecified atom stereocenters. The molecular formula is C28H23ClN2O3. The number of anilines is 2. The van der Waals surface area contributed by atoms with E-state index in [1.54, 1.807) is 19.2 Å². The highest BCUT2D eigenvalue weighted by molar-refractivity contribution is 6.30. The van der Waals surface area contributed by atoms with E-state index in [-0.39, 0.29) is 5.56 Å². The second-order valence-electron chi connectivity index (χ2n) is 7.62. The lowest BCUT2D eigenvalue weighted by Gasteiger charge is -2.20. The van der Waals surface area contributed by atoms with E-state index < -0.39 is 5.97 Å². The lowest BCUT2D eigenvalue weighted by Crippen LogP contribution is -2.10. The van der Waals surface area contributed by atoms with Gasteiger partial charge in [0.1, 0.15) is 11.5 Å². The number of nitrogens with zero attached hydrogens (tertiary/aromatic N) is 2. The summed E-state index contributed by atoms with van der Waals surface area (Å²) in [5.41, 5.74) is 4.33. The van der Waals surface area contributed by atoms with Crippen LogP contribution in [0.5, 0.6) is 11.5 Å². The summed E-state index contributed by atoms with van der Waals surface area (Å²) < 4.78 is 5.91. The first-order chi connectivity index (χ1) is 16.4. The van der Waals surface area contributed by atoms with Gasteiger partial charge in [0.2, 0.25) is 0 Å². The first kappa shape index (κ1) is 23.1. The Hall–Kier alpha value is -4.09. The maximum atomic E-state index is 11.8. The van der Waals surface area contributed by atoms with Crippen LogP contribution in [0.15, 0.2) is 102 Å². The number of carboxylic acid groups (broad SMARTS) is 1. The van der Waals surface area contributed by atoms with Crippen LogP contribution in [0.25, 0.3) is 0 Å². The lowest BCUT2D eigenvalue weighted by atomic mass is 9.99. The minimum atomic E-state index is -1.03. The van der Waals surface area contributed by atoms with Crippen molar-refractivity contribution >= 4 is 34.7 Å². The Labute approximate surface area is 203 Å². The highest BCUT2D eigenvalue weighted by Gasteiger charge is 2.14. The van der Waals surface area contributed by atoms with Crippen LogP contribution in [0.2, 0.25) is 5.02 Å². The molecule has 0 aromatic heterocycles. The van der Waals surface area contributed by atoms with Gasteiger partial charge in [-0.15, -0.1) is 0 Å². The number of halogens is 1. The molecule has 0 fully saturated rings. The fraction of sp³-hybridized carbons (Fsp3) is 0.0714. The third-order valence-corrected chi connectivity index (χ3v) is 5.62. The second-order valence-corrected chi connectivity index (χ2v) is 8.06. The molecule has 0 aliphatic heterocycles. The zero-order valence-corrected chi connectivity index (χ0v) is 19.5. The number of benzene rings is 4. The van der Waals surface area contributed by atoms with Crippen LogP contribution in [-0.2, 0) is 0 Å². The number of rotatable bonds is 7. The minimum absolute atomic E-state index is 0.128. The molecule has 34 heavy (non-hydrogen) atoms. The fourth-order valence-electron chi connectivity index (χ4n) is 3.62. The molecular weight excluding hydrogens is 448 g/mol. The summed E-state index contributed by atoms with van der Waals surface area (Å²) in [5.74, 6) is 0.0251. The van der Waals surface area contributed by atoms with Gasteiger partial charge in [-0.2, -0.15) is 0 Å². The van der Waals surface area contributed by atoms with E-state index in [0.717, 1.165) is 16.9 Å². The molecule has 5 nitrogen and oxygen atoms in total. The van der Waals surface area contributed by atoms with Crippen molar-refractivity contribution in [2.24, 2.45) is 4.99 Å². The average Bonchev–Trinajstić information content (AvgIpc) is 2.85. The molecule has 0 aliphatic carbocycles. The van der Waals surface area contributed by atoms with Crippen molar-refractivity contribution in [3.05, 3.63) is 119 Å². The van der Waals surface area contributed by atoms with E-state index in [4.69, 9.17) is 16.3 Å². The molecule has 4 aromatic rings. The summed E-state index contributed by atoms with van der Waals surface area (Å²) in [5, 5.41) is 10.3. The molecule has 0 saturated carbocycles. The maximum Gasteiger partial charge on any atom is 0.335 e. The molecule has 170 valence electrons. The number of aliphatic imine (C=N–C) groups is 1. The molecule has 1 N–H and O–H groups in total. The molecule has 0 atom stereocenters. The summed E-state index contributed by atoms with van der Waals surface area (Å²) in [6.45, 7) is 0. The van der Waals surface area contributed by atoms with E-state index in [1.807, 2.05) is 85.9 Å². The predicted octanol–water partition coefficient (Wildman–Crippen LogP) is 7.07.